The second kappa shape index (κ2) is 6.40. The van der Waals surface area contributed by atoms with Gasteiger partial charge in [-0.05, 0) is 44.5 Å². The molecule has 2 N–H and O–H groups in total. The van der Waals surface area contributed by atoms with Gasteiger partial charge in [-0.1, -0.05) is 0 Å². The van der Waals surface area contributed by atoms with Crippen molar-refractivity contribution in [3.05, 3.63) is 29.3 Å². The van der Waals surface area contributed by atoms with Crippen LogP contribution in [0.5, 0.6) is 0 Å². The third kappa shape index (κ3) is 3.23. The van der Waals surface area contributed by atoms with Gasteiger partial charge in [0.1, 0.15) is 0 Å². The average Bonchev–Trinajstić information content (AvgIpc) is 2.29. The van der Waals surface area contributed by atoms with E-state index in [1.165, 1.54) is 0 Å². The molecule has 0 radical (unpaired) electrons. The zero-order chi connectivity index (χ0) is 13.7. The van der Waals surface area contributed by atoms with Gasteiger partial charge < -0.3 is 15.4 Å². The molecule has 4 heteroatoms. The molecule has 0 aliphatic heterocycles. The first-order valence-electron chi connectivity index (χ1n) is 6.17. The van der Waals surface area contributed by atoms with Gasteiger partial charge in [-0.15, -0.1) is 0 Å². The lowest BCUT2D eigenvalue weighted by atomic mass is 10.1. The van der Waals surface area contributed by atoms with Gasteiger partial charge in [-0.2, -0.15) is 0 Å². The fraction of sp³-hybridized carbons (Fsp3) is 0.500. The minimum atomic E-state index is 0.0274. The predicted octanol–water partition coefficient (Wildman–Crippen LogP) is 2.07. The molecular formula is C14H22N2O2. The molecule has 0 aliphatic rings. The van der Waals surface area contributed by atoms with Crippen LogP contribution >= 0.6 is 0 Å². The summed E-state index contributed by atoms with van der Waals surface area (Å²) in [5.74, 6) is 0.0274. The third-order valence-electron chi connectivity index (χ3n) is 3.02. The van der Waals surface area contributed by atoms with E-state index in [1.807, 2.05) is 31.7 Å². The first kappa shape index (κ1) is 14.5. The van der Waals surface area contributed by atoms with Gasteiger partial charge in [-0.3, -0.25) is 4.79 Å². The highest BCUT2D eigenvalue weighted by molar-refractivity contribution is 5.96. The van der Waals surface area contributed by atoms with Crippen molar-refractivity contribution in [2.45, 2.75) is 26.8 Å². The van der Waals surface area contributed by atoms with Gasteiger partial charge in [0.25, 0.3) is 5.91 Å². The molecule has 1 rings (SSSR count). The zero-order valence-electron chi connectivity index (χ0n) is 11.6. The van der Waals surface area contributed by atoms with Crippen molar-refractivity contribution in [2.75, 3.05) is 26.0 Å². The topological polar surface area (TPSA) is 55.6 Å². The molecule has 1 unspecified atom stereocenters. The molecule has 0 spiro atoms. The smallest absolute Gasteiger partial charge is 0.254 e. The monoisotopic (exact) mass is 250 g/mol. The number of amides is 1. The highest BCUT2D eigenvalue weighted by Crippen LogP contribution is 2.16. The largest absolute Gasteiger partial charge is 0.399 e. The summed E-state index contributed by atoms with van der Waals surface area (Å²) >= 11 is 0. The Hall–Kier alpha value is -1.55. The van der Waals surface area contributed by atoms with E-state index in [1.54, 1.807) is 19.2 Å². The van der Waals surface area contributed by atoms with E-state index >= 15 is 0 Å². The fourth-order valence-electron chi connectivity index (χ4n) is 2.07. The summed E-state index contributed by atoms with van der Waals surface area (Å²) in [6, 6.07) is 5.43. The molecule has 0 saturated carbocycles. The highest BCUT2D eigenvalue weighted by Gasteiger charge is 2.21. The van der Waals surface area contributed by atoms with Crippen LogP contribution in [0.25, 0.3) is 0 Å². The molecule has 0 aliphatic carbocycles. The van der Waals surface area contributed by atoms with Crippen LogP contribution in [-0.4, -0.2) is 37.1 Å². The molecule has 1 aromatic carbocycles. The van der Waals surface area contributed by atoms with E-state index in [-0.39, 0.29) is 11.9 Å². The number of benzene rings is 1. The molecule has 1 aromatic rings. The molecule has 0 aromatic heterocycles. The lowest BCUT2D eigenvalue weighted by Crippen LogP contribution is -2.41. The number of methoxy groups -OCH3 is 1. The number of carbonyl (C=O) groups excluding carboxylic acids is 1. The maximum absolute atomic E-state index is 12.5. The third-order valence-corrected chi connectivity index (χ3v) is 3.02. The number of hydrogen-bond acceptors (Lipinski definition) is 3. The number of anilines is 1. The van der Waals surface area contributed by atoms with Crippen LogP contribution in [0.15, 0.2) is 18.2 Å². The number of rotatable bonds is 5. The van der Waals surface area contributed by atoms with Gasteiger partial charge in [0.15, 0.2) is 0 Å². The standard InChI is InChI=1S/C14H22N2O2/c1-5-16(11(3)9-18-4)14(17)13-7-6-12(15)8-10(13)2/h6-8,11H,5,9,15H2,1-4H3. The summed E-state index contributed by atoms with van der Waals surface area (Å²) in [6.45, 7) is 7.05. The highest BCUT2D eigenvalue weighted by atomic mass is 16.5. The van der Waals surface area contributed by atoms with Crippen molar-refractivity contribution in [1.29, 1.82) is 0 Å². The van der Waals surface area contributed by atoms with Crippen molar-refractivity contribution < 1.29 is 9.53 Å². The Labute approximate surface area is 109 Å². The molecule has 4 nitrogen and oxygen atoms in total. The van der Waals surface area contributed by atoms with E-state index in [0.717, 1.165) is 5.56 Å². The summed E-state index contributed by atoms with van der Waals surface area (Å²) in [5.41, 5.74) is 7.99. The van der Waals surface area contributed by atoms with E-state index in [9.17, 15) is 4.79 Å². The van der Waals surface area contributed by atoms with E-state index < -0.39 is 0 Å². The molecule has 18 heavy (non-hydrogen) atoms. The van der Waals surface area contributed by atoms with E-state index in [4.69, 9.17) is 10.5 Å². The second-order valence-electron chi connectivity index (χ2n) is 4.47. The van der Waals surface area contributed by atoms with Crippen molar-refractivity contribution in [2.24, 2.45) is 0 Å². The summed E-state index contributed by atoms with van der Waals surface area (Å²) in [6.07, 6.45) is 0. The predicted molar refractivity (Wildman–Crippen MR) is 73.6 cm³/mol. The Morgan fingerprint density at radius 3 is 2.67 bits per heavy atom. The van der Waals surface area contributed by atoms with Crippen LogP contribution in [0, 0.1) is 6.92 Å². The summed E-state index contributed by atoms with van der Waals surface area (Å²) in [4.78, 5) is 14.3. The van der Waals surface area contributed by atoms with E-state index in [0.29, 0.717) is 24.4 Å². The summed E-state index contributed by atoms with van der Waals surface area (Å²) in [5, 5.41) is 0. The molecule has 0 saturated heterocycles. The fourth-order valence-corrected chi connectivity index (χ4v) is 2.07. The first-order valence-corrected chi connectivity index (χ1v) is 6.17. The molecule has 1 atom stereocenters. The van der Waals surface area contributed by atoms with Crippen molar-refractivity contribution in [3.63, 3.8) is 0 Å². The number of hydrogen-bond donors (Lipinski definition) is 1. The molecular weight excluding hydrogens is 228 g/mol. The quantitative estimate of drug-likeness (QED) is 0.814. The molecule has 0 bridgehead atoms. The number of aryl methyl sites for hydroxylation is 1. The van der Waals surface area contributed by atoms with Crippen LogP contribution < -0.4 is 5.73 Å². The minimum Gasteiger partial charge on any atom is -0.399 e. The van der Waals surface area contributed by atoms with Gasteiger partial charge >= 0.3 is 0 Å². The lowest BCUT2D eigenvalue weighted by molar-refractivity contribution is 0.0578. The lowest BCUT2D eigenvalue weighted by Gasteiger charge is -2.28. The van der Waals surface area contributed by atoms with Gasteiger partial charge in [-0.25, -0.2) is 0 Å². The summed E-state index contributed by atoms with van der Waals surface area (Å²) in [7, 11) is 1.64. The zero-order valence-corrected chi connectivity index (χ0v) is 11.6. The average molecular weight is 250 g/mol. The maximum Gasteiger partial charge on any atom is 0.254 e. The number of ether oxygens (including phenoxy) is 1. The van der Waals surface area contributed by atoms with E-state index in [2.05, 4.69) is 0 Å². The Kier molecular flexibility index (Phi) is 5.16. The Bertz CT molecular complexity index is 418. The Morgan fingerprint density at radius 2 is 2.17 bits per heavy atom. The summed E-state index contributed by atoms with van der Waals surface area (Å²) < 4.78 is 5.11. The normalized spacial score (nSPS) is 12.2. The van der Waals surface area contributed by atoms with Gasteiger partial charge in [0.05, 0.1) is 12.6 Å². The van der Waals surface area contributed by atoms with Crippen molar-refractivity contribution in [1.82, 2.24) is 4.90 Å². The number of nitrogens with zero attached hydrogens (tertiary/aromatic N) is 1. The van der Waals surface area contributed by atoms with Crippen LogP contribution in [0.1, 0.15) is 29.8 Å². The maximum atomic E-state index is 12.5. The van der Waals surface area contributed by atoms with Crippen LogP contribution in [-0.2, 0) is 4.74 Å². The van der Waals surface area contributed by atoms with Gasteiger partial charge in [0.2, 0.25) is 0 Å². The number of nitrogens with two attached hydrogens (primary N) is 1. The van der Waals surface area contributed by atoms with Crippen molar-refractivity contribution >= 4 is 11.6 Å². The Morgan fingerprint density at radius 1 is 1.50 bits per heavy atom. The number of carbonyl (C=O) groups is 1. The number of likely N-dealkylation sites (N-methyl/N-ethyl adjacent to an activating group) is 1. The van der Waals surface area contributed by atoms with Crippen LogP contribution in [0.3, 0.4) is 0 Å². The Balaban J connectivity index is 2.96. The number of nitrogen functional groups attached to an aromatic ring is 1. The first-order chi connectivity index (χ1) is 8.51. The second-order valence-corrected chi connectivity index (χ2v) is 4.47. The molecule has 1 amide bonds. The van der Waals surface area contributed by atoms with Crippen molar-refractivity contribution in [3.8, 4) is 0 Å². The minimum absolute atomic E-state index is 0.0274. The van der Waals surface area contributed by atoms with Crippen LogP contribution in [0.4, 0.5) is 5.69 Å². The van der Waals surface area contributed by atoms with Gasteiger partial charge in [0, 0.05) is 24.9 Å². The molecule has 100 valence electrons. The SMILES string of the molecule is CCN(C(=O)c1ccc(N)cc1C)C(C)COC. The molecule has 0 heterocycles. The van der Waals surface area contributed by atoms with Crippen LogP contribution in [0.2, 0.25) is 0 Å². The molecule has 0 fully saturated rings.